The molecule has 3 aromatic carbocycles. The second-order valence-corrected chi connectivity index (χ2v) is 8.12. The molecule has 2 aromatic heterocycles. The number of hydrogen-bond acceptors (Lipinski definition) is 2. The van der Waals surface area contributed by atoms with Gasteiger partial charge in [0.05, 0.1) is 16.8 Å². The fourth-order valence-corrected chi connectivity index (χ4v) is 4.88. The van der Waals surface area contributed by atoms with Gasteiger partial charge in [0.2, 0.25) is 0 Å². The molecule has 32 heavy (non-hydrogen) atoms. The van der Waals surface area contributed by atoms with Crippen LogP contribution in [0.25, 0.3) is 39.0 Å². The second-order valence-electron chi connectivity index (χ2n) is 8.12. The Morgan fingerprint density at radius 1 is 0.688 bits per heavy atom. The third-order valence-corrected chi connectivity index (χ3v) is 6.24. The minimum Gasteiger partial charge on any atom is -0.314 e. The summed E-state index contributed by atoms with van der Waals surface area (Å²) in [7, 11) is 0. The highest BCUT2D eigenvalue weighted by Gasteiger charge is 2.30. The quantitative estimate of drug-likeness (QED) is 0.303. The van der Waals surface area contributed by atoms with Crippen molar-refractivity contribution in [3.8, 4) is 33.5 Å². The Morgan fingerprint density at radius 3 is 1.94 bits per heavy atom. The predicted octanol–water partition coefficient (Wildman–Crippen LogP) is 6.69. The van der Waals surface area contributed by atoms with E-state index in [4.69, 9.17) is 0 Å². The average molecular weight is 413 g/mol. The highest BCUT2D eigenvalue weighted by molar-refractivity contribution is 6.22. The molecule has 1 aliphatic carbocycles. The first-order valence-electron chi connectivity index (χ1n) is 10.6. The first kappa shape index (κ1) is 18.5. The second kappa shape index (κ2) is 6.89. The molecule has 0 aliphatic heterocycles. The summed E-state index contributed by atoms with van der Waals surface area (Å²) >= 11 is 0. The number of ketones is 2. The molecule has 0 atom stereocenters. The molecule has 0 N–H and O–H groups in total. The van der Waals surface area contributed by atoms with Crippen LogP contribution in [0.2, 0.25) is 0 Å². The molecule has 2 heterocycles. The molecule has 0 saturated heterocycles. The monoisotopic (exact) mass is 413 g/mol. The Kier molecular flexibility index (Phi) is 3.99. The molecule has 0 spiro atoms. The maximum atomic E-state index is 13.2. The van der Waals surface area contributed by atoms with Crippen LogP contribution in [0.5, 0.6) is 0 Å². The predicted molar refractivity (Wildman–Crippen MR) is 127 cm³/mol. The first-order chi connectivity index (χ1) is 15.6. The lowest BCUT2D eigenvalue weighted by Gasteiger charge is -2.09. The van der Waals surface area contributed by atoms with Gasteiger partial charge in [0.1, 0.15) is 0 Å². The van der Waals surface area contributed by atoms with Gasteiger partial charge in [0.25, 0.3) is 0 Å². The highest BCUT2D eigenvalue weighted by atomic mass is 16.1. The highest BCUT2D eigenvalue weighted by Crippen LogP contribution is 2.44. The molecule has 3 heteroatoms. The van der Waals surface area contributed by atoms with Gasteiger partial charge in [0, 0.05) is 22.9 Å². The van der Waals surface area contributed by atoms with E-state index in [1.807, 2.05) is 102 Å². The van der Waals surface area contributed by atoms with Crippen LogP contribution in [0.4, 0.5) is 0 Å². The summed E-state index contributed by atoms with van der Waals surface area (Å²) in [6.45, 7) is 1.61. The van der Waals surface area contributed by atoms with Crippen LogP contribution in [-0.4, -0.2) is 16.0 Å². The maximum absolute atomic E-state index is 13.2. The number of pyridine rings is 1. The normalized spacial score (nSPS) is 12.1. The molecule has 5 aromatic rings. The van der Waals surface area contributed by atoms with Crippen LogP contribution < -0.4 is 0 Å². The summed E-state index contributed by atoms with van der Waals surface area (Å²) in [5, 5.41) is 0. The van der Waals surface area contributed by atoms with Crippen LogP contribution >= 0.6 is 0 Å². The summed E-state index contributed by atoms with van der Waals surface area (Å²) in [6, 6.07) is 29.7. The largest absolute Gasteiger partial charge is 0.314 e. The average Bonchev–Trinajstić information content (AvgIpc) is 3.32. The molecule has 0 unspecified atom stereocenters. The lowest BCUT2D eigenvalue weighted by Crippen LogP contribution is -1.99. The molecule has 152 valence electrons. The van der Waals surface area contributed by atoms with E-state index >= 15 is 0 Å². The first-order valence-corrected chi connectivity index (χ1v) is 10.6. The van der Waals surface area contributed by atoms with Gasteiger partial charge in [-0.15, -0.1) is 0 Å². The topological polar surface area (TPSA) is 38.5 Å². The van der Waals surface area contributed by atoms with Gasteiger partial charge in [0.15, 0.2) is 11.6 Å². The van der Waals surface area contributed by atoms with Gasteiger partial charge < -0.3 is 4.40 Å². The SMILES string of the molecule is CC(=O)c1c(-c2ccccc2)c(-c2ccccc2)n2cc3c(cc12)-c1ccccc1C3=O. The number of hydrogen-bond donors (Lipinski definition) is 0. The van der Waals surface area contributed by atoms with Crippen molar-refractivity contribution in [2.45, 2.75) is 6.92 Å². The van der Waals surface area contributed by atoms with E-state index in [2.05, 4.69) is 0 Å². The number of Topliss-reactive ketones (excluding diaryl/α,β-unsaturated/α-hetero) is 1. The fourth-order valence-electron chi connectivity index (χ4n) is 4.88. The van der Waals surface area contributed by atoms with E-state index < -0.39 is 0 Å². The maximum Gasteiger partial charge on any atom is 0.195 e. The summed E-state index contributed by atoms with van der Waals surface area (Å²) < 4.78 is 2.02. The van der Waals surface area contributed by atoms with E-state index in [9.17, 15) is 9.59 Å². The molecule has 3 nitrogen and oxygen atoms in total. The third kappa shape index (κ3) is 2.55. The van der Waals surface area contributed by atoms with Crippen molar-refractivity contribution in [1.82, 2.24) is 4.40 Å². The van der Waals surface area contributed by atoms with E-state index in [1.165, 1.54) is 0 Å². The van der Waals surface area contributed by atoms with E-state index in [1.54, 1.807) is 6.92 Å². The van der Waals surface area contributed by atoms with Crippen LogP contribution in [0.15, 0.2) is 97.2 Å². The van der Waals surface area contributed by atoms with Crippen molar-refractivity contribution < 1.29 is 9.59 Å². The van der Waals surface area contributed by atoms with Gasteiger partial charge in [-0.3, -0.25) is 9.59 Å². The Labute approximate surface area is 185 Å². The minimum absolute atomic E-state index is 0.00101. The number of fused-ring (bicyclic) bond motifs is 4. The molecular formula is C29H19NO2. The zero-order valence-electron chi connectivity index (χ0n) is 17.5. The van der Waals surface area contributed by atoms with Gasteiger partial charge in [-0.05, 0) is 35.2 Å². The number of aromatic nitrogens is 1. The van der Waals surface area contributed by atoms with Crippen LogP contribution in [0.1, 0.15) is 33.2 Å². The van der Waals surface area contributed by atoms with Gasteiger partial charge in [-0.2, -0.15) is 0 Å². The van der Waals surface area contributed by atoms with Crippen LogP contribution in [0, 0.1) is 0 Å². The van der Waals surface area contributed by atoms with Gasteiger partial charge >= 0.3 is 0 Å². The van der Waals surface area contributed by atoms with Gasteiger partial charge in [-0.25, -0.2) is 0 Å². The lowest BCUT2D eigenvalue weighted by atomic mass is 9.95. The molecule has 0 bridgehead atoms. The Morgan fingerprint density at radius 2 is 1.28 bits per heavy atom. The molecular weight excluding hydrogens is 394 g/mol. The minimum atomic E-state index is 0.00101. The van der Waals surface area contributed by atoms with Crippen LogP contribution in [0.3, 0.4) is 0 Å². The van der Waals surface area contributed by atoms with Crippen molar-refractivity contribution in [2.24, 2.45) is 0 Å². The van der Waals surface area contributed by atoms with Gasteiger partial charge in [-0.1, -0.05) is 84.9 Å². The number of benzene rings is 3. The van der Waals surface area contributed by atoms with E-state index in [0.29, 0.717) is 16.7 Å². The molecule has 6 rings (SSSR count). The van der Waals surface area contributed by atoms with E-state index in [0.717, 1.165) is 39.0 Å². The van der Waals surface area contributed by atoms with Crippen molar-refractivity contribution in [3.05, 3.63) is 114 Å². The standard InChI is InChI=1S/C29H19NO2/c1-18(31)26-25-16-23-21-14-8-9-15-22(21)29(32)24(23)17-30(25)28(20-12-6-3-7-13-20)27(26)19-10-4-2-5-11-19/h2-17H,1H3. The number of carbonyl (C=O) groups excluding carboxylic acids is 2. The number of nitrogens with zero attached hydrogens (tertiary/aromatic N) is 1. The van der Waals surface area contributed by atoms with Crippen molar-refractivity contribution in [2.75, 3.05) is 0 Å². The number of carbonyl (C=O) groups is 2. The Balaban J connectivity index is 1.79. The molecule has 0 amide bonds. The van der Waals surface area contributed by atoms with Crippen molar-refractivity contribution in [1.29, 1.82) is 0 Å². The molecule has 0 fully saturated rings. The Bertz CT molecular complexity index is 1540. The summed E-state index contributed by atoms with van der Waals surface area (Å²) in [5.74, 6) is 0.0249. The Hall–Kier alpha value is -4.24. The summed E-state index contributed by atoms with van der Waals surface area (Å²) in [5.41, 5.74) is 8.48. The summed E-state index contributed by atoms with van der Waals surface area (Å²) in [6.07, 6.45) is 1.91. The molecule has 1 aliphatic rings. The van der Waals surface area contributed by atoms with Crippen molar-refractivity contribution >= 4 is 17.1 Å². The van der Waals surface area contributed by atoms with E-state index in [-0.39, 0.29) is 11.6 Å². The number of rotatable bonds is 3. The van der Waals surface area contributed by atoms with Crippen LogP contribution in [-0.2, 0) is 0 Å². The zero-order valence-corrected chi connectivity index (χ0v) is 17.5. The zero-order chi connectivity index (χ0) is 21.8. The summed E-state index contributed by atoms with van der Waals surface area (Å²) in [4.78, 5) is 26.2. The third-order valence-electron chi connectivity index (χ3n) is 6.24. The molecule has 0 saturated carbocycles. The fraction of sp³-hybridized carbons (Fsp3) is 0.0345. The lowest BCUT2D eigenvalue weighted by molar-refractivity contribution is 0.101. The van der Waals surface area contributed by atoms with Crippen molar-refractivity contribution in [3.63, 3.8) is 0 Å². The smallest absolute Gasteiger partial charge is 0.195 e. The molecule has 0 radical (unpaired) electrons.